The maximum Gasteiger partial charge on any atom is 0.222 e. The topological polar surface area (TPSA) is 44.8 Å². The van der Waals surface area contributed by atoms with Crippen LogP contribution in [0.25, 0.3) is 0 Å². The van der Waals surface area contributed by atoms with Gasteiger partial charge in [0.1, 0.15) is 0 Å². The number of morpholine rings is 1. The van der Waals surface area contributed by atoms with Crippen LogP contribution >= 0.6 is 0 Å². The van der Waals surface area contributed by atoms with Gasteiger partial charge in [0.2, 0.25) is 5.91 Å². The van der Waals surface area contributed by atoms with Gasteiger partial charge in [-0.3, -0.25) is 9.69 Å². The van der Waals surface area contributed by atoms with Crippen molar-refractivity contribution in [1.82, 2.24) is 15.1 Å². The van der Waals surface area contributed by atoms with Gasteiger partial charge in [-0.05, 0) is 24.5 Å². The summed E-state index contributed by atoms with van der Waals surface area (Å²) in [5, 5.41) is 3.85. The van der Waals surface area contributed by atoms with E-state index in [1.165, 1.54) is 11.1 Å². The molecule has 1 aromatic rings. The van der Waals surface area contributed by atoms with Crippen molar-refractivity contribution in [1.29, 1.82) is 0 Å². The van der Waals surface area contributed by atoms with Gasteiger partial charge in [0, 0.05) is 51.2 Å². The Labute approximate surface area is 151 Å². The van der Waals surface area contributed by atoms with Gasteiger partial charge in [-0.2, -0.15) is 0 Å². The normalized spacial score (nSPS) is 23.0. The number of benzene rings is 1. The van der Waals surface area contributed by atoms with Gasteiger partial charge in [0.05, 0.1) is 13.2 Å². The summed E-state index contributed by atoms with van der Waals surface area (Å²) < 4.78 is 5.49. The minimum Gasteiger partial charge on any atom is -0.379 e. The van der Waals surface area contributed by atoms with Gasteiger partial charge in [-0.25, -0.2) is 0 Å². The lowest BCUT2D eigenvalue weighted by atomic mass is 9.99. The maximum absolute atomic E-state index is 12.0. The first-order chi connectivity index (χ1) is 12.2. The van der Waals surface area contributed by atoms with Gasteiger partial charge >= 0.3 is 0 Å². The van der Waals surface area contributed by atoms with Gasteiger partial charge in [-0.15, -0.1) is 0 Å². The molecule has 25 heavy (non-hydrogen) atoms. The van der Waals surface area contributed by atoms with Crippen LogP contribution in [0.4, 0.5) is 0 Å². The molecule has 3 rings (SSSR count). The molecule has 5 nitrogen and oxygen atoms in total. The summed E-state index contributed by atoms with van der Waals surface area (Å²) in [6, 6.07) is 9.31. The van der Waals surface area contributed by atoms with E-state index in [2.05, 4.69) is 41.4 Å². The summed E-state index contributed by atoms with van der Waals surface area (Å²) in [4.78, 5) is 16.4. The maximum atomic E-state index is 12.0. The molecule has 0 aliphatic carbocycles. The van der Waals surface area contributed by atoms with E-state index in [9.17, 15) is 4.79 Å². The SMILES string of the molecule is CCC(=O)N1CC[C@H](N[C@@H](CN2CCOCC2)c2ccccc2C)C1. The zero-order valence-electron chi connectivity index (χ0n) is 15.5. The highest BCUT2D eigenvalue weighted by atomic mass is 16.5. The van der Waals surface area contributed by atoms with Gasteiger partial charge in [0.25, 0.3) is 0 Å². The second-order valence-electron chi connectivity index (χ2n) is 7.17. The first-order valence-electron chi connectivity index (χ1n) is 9.57. The molecule has 5 heteroatoms. The number of carbonyl (C=O) groups is 1. The third-order valence-corrected chi connectivity index (χ3v) is 5.39. The molecule has 2 heterocycles. The Bertz CT molecular complexity index is 572. The summed E-state index contributed by atoms with van der Waals surface area (Å²) in [7, 11) is 0. The second kappa shape index (κ2) is 8.79. The Morgan fingerprint density at radius 3 is 2.76 bits per heavy atom. The molecule has 0 unspecified atom stereocenters. The van der Waals surface area contributed by atoms with E-state index in [1.54, 1.807) is 0 Å². The number of carbonyl (C=O) groups excluding carboxylic acids is 1. The molecule has 1 aromatic carbocycles. The van der Waals surface area contributed by atoms with E-state index in [0.29, 0.717) is 18.5 Å². The summed E-state index contributed by atoms with van der Waals surface area (Å²) >= 11 is 0. The number of aryl methyl sites for hydroxylation is 1. The van der Waals surface area contributed by atoms with E-state index >= 15 is 0 Å². The predicted molar refractivity (Wildman–Crippen MR) is 99.6 cm³/mol. The van der Waals surface area contributed by atoms with Crippen LogP contribution in [-0.2, 0) is 9.53 Å². The van der Waals surface area contributed by atoms with Crippen LogP contribution in [-0.4, -0.2) is 67.7 Å². The summed E-state index contributed by atoms with van der Waals surface area (Å²) in [6.07, 6.45) is 1.64. The summed E-state index contributed by atoms with van der Waals surface area (Å²) in [5.41, 5.74) is 2.70. The van der Waals surface area contributed by atoms with Crippen molar-refractivity contribution in [3.8, 4) is 0 Å². The van der Waals surface area contributed by atoms with Crippen LogP contribution in [0.1, 0.15) is 36.9 Å². The number of amides is 1. The molecular formula is C20H31N3O2. The molecule has 0 aromatic heterocycles. The summed E-state index contributed by atoms with van der Waals surface area (Å²) in [6.45, 7) is 10.5. The van der Waals surface area contributed by atoms with E-state index < -0.39 is 0 Å². The zero-order chi connectivity index (χ0) is 17.6. The smallest absolute Gasteiger partial charge is 0.222 e. The number of likely N-dealkylation sites (tertiary alicyclic amines) is 1. The monoisotopic (exact) mass is 345 g/mol. The Balaban J connectivity index is 1.68. The fraction of sp³-hybridized carbons (Fsp3) is 0.650. The number of hydrogen-bond donors (Lipinski definition) is 1. The Hall–Kier alpha value is -1.43. The average molecular weight is 345 g/mol. The third-order valence-electron chi connectivity index (χ3n) is 5.39. The molecule has 0 radical (unpaired) electrons. The van der Waals surface area contributed by atoms with Crippen molar-refractivity contribution in [2.24, 2.45) is 0 Å². The first kappa shape index (κ1) is 18.4. The number of rotatable bonds is 6. The molecule has 2 saturated heterocycles. The second-order valence-corrected chi connectivity index (χ2v) is 7.17. The molecule has 1 N–H and O–H groups in total. The van der Waals surface area contributed by atoms with Gasteiger partial charge in [-0.1, -0.05) is 31.2 Å². The Morgan fingerprint density at radius 1 is 1.28 bits per heavy atom. The molecule has 138 valence electrons. The van der Waals surface area contributed by atoms with Crippen LogP contribution in [0.5, 0.6) is 0 Å². The number of nitrogens with zero attached hydrogens (tertiary/aromatic N) is 2. The molecule has 0 spiro atoms. The van der Waals surface area contributed by atoms with Crippen LogP contribution in [0.15, 0.2) is 24.3 Å². The van der Waals surface area contributed by atoms with E-state index in [-0.39, 0.29) is 5.91 Å². The van der Waals surface area contributed by atoms with Crippen molar-refractivity contribution in [3.05, 3.63) is 35.4 Å². The van der Waals surface area contributed by atoms with Crippen LogP contribution in [0.2, 0.25) is 0 Å². The van der Waals surface area contributed by atoms with Gasteiger partial charge < -0.3 is 15.0 Å². The lowest BCUT2D eigenvalue weighted by Gasteiger charge is -2.33. The lowest BCUT2D eigenvalue weighted by Crippen LogP contribution is -2.45. The molecule has 2 aliphatic heterocycles. The number of hydrogen-bond acceptors (Lipinski definition) is 4. The van der Waals surface area contributed by atoms with Crippen LogP contribution in [0.3, 0.4) is 0 Å². The minimum atomic E-state index is 0.268. The zero-order valence-corrected chi connectivity index (χ0v) is 15.5. The molecule has 0 bridgehead atoms. The number of ether oxygens (including phenoxy) is 1. The fourth-order valence-corrected chi connectivity index (χ4v) is 3.89. The van der Waals surface area contributed by atoms with E-state index in [1.807, 2.05) is 11.8 Å². The van der Waals surface area contributed by atoms with Crippen molar-refractivity contribution in [2.75, 3.05) is 45.9 Å². The highest BCUT2D eigenvalue weighted by Crippen LogP contribution is 2.22. The van der Waals surface area contributed by atoms with Gasteiger partial charge in [0.15, 0.2) is 0 Å². The van der Waals surface area contributed by atoms with Crippen molar-refractivity contribution in [2.45, 2.75) is 38.8 Å². The van der Waals surface area contributed by atoms with Crippen molar-refractivity contribution >= 4 is 5.91 Å². The average Bonchev–Trinajstić information content (AvgIpc) is 3.10. The molecule has 2 aliphatic rings. The minimum absolute atomic E-state index is 0.268. The molecule has 2 fully saturated rings. The lowest BCUT2D eigenvalue weighted by molar-refractivity contribution is -0.129. The number of nitrogens with one attached hydrogen (secondary N) is 1. The highest BCUT2D eigenvalue weighted by Gasteiger charge is 2.28. The van der Waals surface area contributed by atoms with E-state index in [0.717, 1.165) is 52.4 Å². The Kier molecular flexibility index (Phi) is 6.45. The van der Waals surface area contributed by atoms with Crippen molar-refractivity contribution < 1.29 is 9.53 Å². The standard InChI is InChI=1S/C20H31N3O2/c1-3-20(24)23-9-8-17(14-23)21-19(15-22-10-12-25-13-11-22)18-7-5-4-6-16(18)2/h4-7,17,19,21H,3,8-15H2,1-2H3/t17-,19-/m0/s1. The van der Waals surface area contributed by atoms with E-state index in [4.69, 9.17) is 4.74 Å². The fourth-order valence-electron chi connectivity index (χ4n) is 3.89. The third kappa shape index (κ3) is 4.81. The molecule has 1 amide bonds. The van der Waals surface area contributed by atoms with Crippen LogP contribution < -0.4 is 5.32 Å². The molecule has 2 atom stereocenters. The first-order valence-corrected chi connectivity index (χ1v) is 9.57. The van der Waals surface area contributed by atoms with Crippen molar-refractivity contribution in [3.63, 3.8) is 0 Å². The largest absolute Gasteiger partial charge is 0.379 e. The highest BCUT2D eigenvalue weighted by molar-refractivity contribution is 5.76. The quantitative estimate of drug-likeness (QED) is 0.856. The Morgan fingerprint density at radius 2 is 2.04 bits per heavy atom. The predicted octanol–water partition coefficient (Wildman–Crippen LogP) is 1.97. The van der Waals surface area contributed by atoms with Crippen LogP contribution in [0, 0.1) is 6.92 Å². The molecule has 0 saturated carbocycles. The molecular weight excluding hydrogens is 314 g/mol. The summed E-state index contributed by atoms with van der Waals surface area (Å²) in [5.74, 6) is 0.268.